The second-order valence-corrected chi connectivity index (χ2v) is 14.6. The Morgan fingerprint density at radius 1 is 0.438 bits per heavy atom. The summed E-state index contributed by atoms with van der Waals surface area (Å²) >= 11 is 0. The van der Waals surface area contributed by atoms with Gasteiger partial charge in [0.1, 0.15) is 0 Å². The quantitative estimate of drug-likeness (QED) is 0.147. The van der Waals surface area contributed by atoms with Gasteiger partial charge >= 0.3 is 15.6 Å². The van der Waals surface area contributed by atoms with Crippen molar-refractivity contribution in [2.45, 2.75) is 12.3 Å². The van der Waals surface area contributed by atoms with E-state index in [2.05, 4.69) is 6.92 Å². The van der Waals surface area contributed by atoms with Crippen molar-refractivity contribution in [1.29, 1.82) is 0 Å². The first-order valence-corrected chi connectivity index (χ1v) is 18.2. The van der Waals surface area contributed by atoms with Crippen molar-refractivity contribution < 1.29 is 9.13 Å². The van der Waals surface area contributed by atoms with Crippen molar-refractivity contribution in [2.75, 3.05) is 0 Å². The van der Waals surface area contributed by atoms with E-state index in [0.717, 1.165) is 49.4 Å². The van der Waals surface area contributed by atoms with Gasteiger partial charge in [-0.05, 0) is 91.9 Å². The lowest BCUT2D eigenvalue weighted by molar-refractivity contribution is 0.597. The molecule has 7 aromatic rings. The minimum Gasteiger partial charge on any atom is -0.260 e. The third-order valence-corrected chi connectivity index (χ3v) is 11.7. The molecule has 3 aromatic heterocycles. The zero-order valence-electron chi connectivity index (χ0n) is 26.2. The van der Waals surface area contributed by atoms with Crippen molar-refractivity contribution in [3.8, 4) is 22.5 Å². The van der Waals surface area contributed by atoms with Crippen molar-refractivity contribution in [3.05, 3.63) is 187 Å². The first kappa shape index (κ1) is 31.1. The van der Waals surface area contributed by atoms with Gasteiger partial charge in [0.2, 0.25) is 10.6 Å². The Hall–Kier alpha value is -5.47. The summed E-state index contributed by atoms with van der Waals surface area (Å²) in [6.45, 7) is 2.08. The number of pyridine rings is 3. The Bertz CT molecular complexity index is 2110. The molecule has 2 atom stereocenters. The Labute approximate surface area is 282 Å². The molecule has 230 valence electrons. The SMILES string of the molecule is CC(c1ccccn1)(c1cccc(-c2ccccc2[P+](=O)c2ccccc2)n1)c1cccc(-c2ccccc2[P+](=O)c2ccccc2)n1. The average Bonchev–Trinajstić information content (AvgIpc) is 3.18. The third kappa shape index (κ3) is 6.02. The standard InChI is InChI=1S/C41H31N3O2P2/c1-41(38-26-12-13-29-42-38,39-27-14-22-34(43-39)32-20-8-10-24-36(32)47(45)30-16-4-2-5-17-30)40-28-15-23-35(44-40)33-21-9-11-25-37(33)48(46)31-18-6-3-7-19-31/h2-29H,1H3/q+2. The zero-order chi connectivity index (χ0) is 32.9. The minimum absolute atomic E-state index is 0.714. The molecule has 0 amide bonds. The molecule has 0 aliphatic carbocycles. The van der Waals surface area contributed by atoms with E-state index in [1.165, 1.54) is 0 Å². The number of rotatable bonds is 9. The smallest absolute Gasteiger partial charge is 0.260 e. The van der Waals surface area contributed by atoms with Crippen molar-refractivity contribution in [1.82, 2.24) is 15.0 Å². The molecule has 48 heavy (non-hydrogen) atoms. The van der Waals surface area contributed by atoms with E-state index in [-0.39, 0.29) is 0 Å². The van der Waals surface area contributed by atoms with Gasteiger partial charge in [-0.15, -0.1) is 0 Å². The maximum atomic E-state index is 13.8. The summed E-state index contributed by atoms with van der Waals surface area (Å²) < 4.78 is 27.6. The fraction of sp³-hybridized carbons (Fsp3) is 0.0488. The van der Waals surface area contributed by atoms with Crippen LogP contribution in [0.15, 0.2) is 170 Å². The molecule has 7 rings (SSSR count). The van der Waals surface area contributed by atoms with E-state index >= 15 is 0 Å². The predicted octanol–water partition coefficient (Wildman–Crippen LogP) is 8.12. The fourth-order valence-corrected chi connectivity index (χ4v) is 8.62. The molecule has 2 unspecified atom stereocenters. The first-order valence-electron chi connectivity index (χ1n) is 15.6. The lowest BCUT2D eigenvalue weighted by Crippen LogP contribution is -2.29. The summed E-state index contributed by atoms with van der Waals surface area (Å²) in [6, 6.07) is 52.2. The number of nitrogens with zero attached hydrogens (tertiary/aromatic N) is 3. The molecule has 3 heterocycles. The fourth-order valence-electron chi connectivity index (χ4n) is 5.92. The molecule has 0 bridgehead atoms. The van der Waals surface area contributed by atoms with Gasteiger partial charge in [-0.25, -0.2) is 0 Å². The molecule has 0 radical (unpaired) electrons. The van der Waals surface area contributed by atoms with Gasteiger partial charge in [-0.1, -0.05) is 88.0 Å². The summed E-state index contributed by atoms with van der Waals surface area (Å²) in [6.07, 6.45) is 1.78. The van der Waals surface area contributed by atoms with Crippen LogP contribution in [0.25, 0.3) is 22.5 Å². The maximum Gasteiger partial charge on any atom is 0.416 e. The van der Waals surface area contributed by atoms with Gasteiger partial charge in [0.15, 0.2) is 10.6 Å². The van der Waals surface area contributed by atoms with Crippen LogP contribution in [-0.2, 0) is 14.5 Å². The topological polar surface area (TPSA) is 72.8 Å². The van der Waals surface area contributed by atoms with Crippen LogP contribution in [0.2, 0.25) is 0 Å². The molecule has 7 heteroatoms. The second-order valence-electron chi connectivity index (χ2n) is 11.5. The molecule has 0 N–H and O–H groups in total. The van der Waals surface area contributed by atoms with Crippen LogP contribution < -0.4 is 21.2 Å². The number of aromatic nitrogens is 3. The van der Waals surface area contributed by atoms with Crippen LogP contribution >= 0.6 is 15.6 Å². The minimum atomic E-state index is -1.83. The van der Waals surface area contributed by atoms with Crippen molar-refractivity contribution in [2.24, 2.45) is 0 Å². The van der Waals surface area contributed by atoms with E-state index in [4.69, 9.17) is 15.0 Å². The summed E-state index contributed by atoms with van der Waals surface area (Å²) in [5.74, 6) is 0. The highest BCUT2D eigenvalue weighted by molar-refractivity contribution is 7.62. The molecule has 4 aromatic carbocycles. The Balaban J connectivity index is 1.35. The molecule has 0 fully saturated rings. The molecule has 5 nitrogen and oxygen atoms in total. The van der Waals surface area contributed by atoms with Crippen LogP contribution in [0.3, 0.4) is 0 Å². The van der Waals surface area contributed by atoms with E-state index in [0.29, 0.717) is 11.4 Å². The van der Waals surface area contributed by atoms with Gasteiger partial charge in [-0.3, -0.25) is 15.0 Å². The zero-order valence-corrected chi connectivity index (χ0v) is 28.0. The van der Waals surface area contributed by atoms with Crippen LogP contribution in [-0.4, -0.2) is 15.0 Å². The Kier molecular flexibility index (Phi) is 8.90. The maximum absolute atomic E-state index is 13.8. The Morgan fingerprint density at radius 2 is 0.854 bits per heavy atom. The van der Waals surface area contributed by atoms with Gasteiger partial charge in [0.25, 0.3) is 0 Å². The van der Waals surface area contributed by atoms with Gasteiger partial charge < -0.3 is 0 Å². The molecule has 0 aliphatic rings. The second kappa shape index (κ2) is 13.7. The number of benzene rings is 4. The summed E-state index contributed by atoms with van der Waals surface area (Å²) in [7, 11) is -3.67. The lowest BCUT2D eigenvalue weighted by atomic mass is 9.78. The molecule has 0 saturated carbocycles. The average molecular weight is 660 g/mol. The van der Waals surface area contributed by atoms with E-state index < -0.39 is 21.0 Å². The predicted molar refractivity (Wildman–Crippen MR) is 196 cm³/mol. The molecule has 0 aliphatic heterocycles. The van der Waals surface area contributed by atoms with E-state index in [9.17, 15) is 9.13 Å². The molecular weight excluding hydrogens is 628 g/mol. The molecule has 0 saturated heterocycles. The first-order chi connectivity index (χ1) is 23.5. The van der Waals surface area contributed by atoms with Gasteiger partial charge in [-0.2, -0.15) is 0 Å². The van der Waals surface area contributed by atoms with Crippen LogP contribution in [0.4, 0.5) is 0 Å². The number of hydrogen-bond acceptors (Lipinski definition) is 5. The highest BCUT2D eigenvalue weighted by Gasteiger charge is 2.37. The monoisotopic (exact) mass is 659 g/mol. The highest BCUT2D eigenvalue weighted by Crippen LogP contribution is 2.38. The van der Waals surface area contributed by atoms with E-state index in [1.54, 1.807) is 6.20 Å². The van der Waals surface area contributed by atoms with Gasteiger partial charge in [0, 0.05) is 6.20 Å². The summed E-state index contributed by atoms with van der Waals surface area (Å²) in [5, 5.41) is 2.99. The normalized spacial score (nSPS) is 12.9. The lowest BCUT2D eigenvalue weighted by Gasteiger charge is -2.29. The molecule has 0 spiro atoms. The highest BCUT2D eigenvalue weighted by atomic mass is 31.1. The van der Waals surface area contributed by atoms with Crippen LogP contribution in [0.5, 0.6) is 0 Å². The van der Waals surface area contributed by atoms with Crippen molar-refractivity contribution >= 4 is 36.8 Å². The third-order valence-electron chi connectivity index (χ3n) is 8.48. The van der Waals surface area contributed by atoms with Gasteiger partial charge in [0.05, 0.1) is 45.0 Å². The van der Waals surface area contributed by atoms with E-state index in [1.807, 2.05) is 164 Å². The largest absolute Gasteiger partial charge is 0.416 e. The summed E-state index contributed by atoms with van der Waals surface area (Å²) in [4.78, 5) is 15.3. The van der Waals surface area contributed by atoms with Crippen LogP contribution in [0.1, 0.15) is 24.0 Å². The summed E-state index contributed by atoms with van der Waals surface area (Å²) in [5.41, 5.74) is 4.47. The molecular formula is C41H31N3O2P2+2. The Morgan fingerprint density at radius 3 is 1.31 bits per heavy atom. The van der Waals surface area contributed by atoms with Crippen LogP contribution in [0, 0.1) is 0 Å². The van der Waals surface area contributed by atoms with Crippen molar-refractivity contribution in [3.63, 3.8) is 0 Å². The number of hydrogen-bond donors (Lipinski definition) is 0.